The Labute approximate surface area is 241 Å². The van der Waals surface area contributed by atoms with Gasteiger partial charge in [0, 0.05) is 46.6 Å². The lowest BCUT2D eigenvalue weighted by Crippen LogP contribution is -2.28. The van der Waals surface area contributed by atoms with E-state index in [2.05, 4.69) is 10.3 Å². The first kappa shape index (κ1) is 27.7. The summed E-state index contributed by atoms with van der Waals surface area (Å²) in [5.74, 6) is 1.03. The summed E-state index contributed by atoms with van der Waals surface area (Å²) < 4.78 is 30.7. The minimum Gasteiger partial charge on any atom is -0.497 e. The van der Waals surface area contributed by atoms with E-state index in [9.17, 15) is 14.4 Å². The zero-order valence-corrected chi connectivity index (χ0v) is 23.3. The van der Waals surface area contributed by atoms with Gasteiger partial charge in [0.15, 0.2) is 0 Å². The molecule has 41 heavy (non-hydrogen) atoms. The number of hydrogen-bond donors (Lipinski definition) is 1. The van der Waals surface area contributed by atoms with Gasteiger partial charge in [0.05, 0.1) is 27.4 Å². The van der Waals surface area contributed by atoms with Gasteiger partial charge in [-0.1, -0.05) is 23.7 Å². The lowest BCUT2D eigenvalue weighted by atomic mass is 9.97. The molecule has 0 radical (unpaired) electrons. The van der Waals surface area contributed by atoms with E-state index in [1.807, 2.05) is 30.3 Å². The van der Waals surface area contributed by atoms with Crippen molar-refractivity contribution in [2.24, 2.45) is 0 Å². The van der Waals surface area contributed by atoms with Gasteiger partial charge in [-0.3, -0.25) is 4.79 Å². The quantitative estimate of drug-likeness (QED) is 0.258. The third-order valence-corrected chi connectivity index (χ3v) is 7.29. The van der Waals surface area contributed by atoms with Gasteiger partial charge in [0.1, 0.15) is 40.5 Å². The molecule has 1 atom stereocenters. The summed E-state index contributed by atoms with van der Waals surface area (Å²) in [6.45, 7) is 0.481. The molecule has 10 heteroatoms. The normalized spacial score (nSPS) is 13.9. The van der Waals surface area contributed by atoms with Crippen molar-refractivity contribution >= 4 is 23.2 Å². The van der Waals surface area contributed by atoms with Gasteiger partial charge in [0.2, 0.25) is 0 Å². The van der Waals surface area contributed by atoms with Crippen LogP contribution in [-0.4, -0.2) is 37.1 Å². The second-order valence-electron chi connectivity index (χ2n) is 9.31. The highest BCUT2D eigenvalue weighted by Crippen LogP contribution is 2.45. The Morgan fingerprint density at radius 2 is 1.73 bits per heavy atom. The third-order valence-electron chi connectivity index (χ3n) is 6.95. The van der Waals surface area contributed by atoms with Crippen molar-refractivity contribution in [3.05, 3.63) is 111 Å². The number of halogens is 2. The fraction of sp³-hybridized carbons (Fsp3) is 0.194. The Bertz CT molecular complexity index is 1660. The van der Waals surface area contributed by atoms with Crippen LogP contribution in [0, 0.1) is 17.1 Å². The molecule has 4 aromatic rings. The van der Waals surface area contributed by atoms with Crippen LogP contribution in [0.15, 0.2) is 66.7 Å². The molecule has 1 N–H and O–H groups in total. The molecule has 1 amide bonds. The van der Waals surface area contributed by atoms with E-state index in [4.69, 9.17) is 25.8 Å². The summed E-state index contributed by atoms with van der Waals surface area (Å²) >= 11 is 6.61. The third kappa shape index (κ3) is 5.47. The van der Waals surface area contributed by atoms with Crippen LogP contribution in [-0.2, 0) is 13.1 Å². The molecule has 208 valence electrons. The standard InChI is InChI=1S/C31H26ClFN4O4/c1-39-22-8-4-18(5-9-22)17-37-30(24-12-20(33)7-11-25(24)32)28-26(13-21(15-34)36-29(28)31(37)38)35-16-19-6-10-23(40-2)14-27(19)41-3/h4-14,30H,16-17H2,1-3H3,(H,35,36). The molecule has 1 aliphatic rings. The molecule has 1 unspecified atom stereocenters. The highest BCUT2D eigenvalue weighted by atomic mass is 35.5. The zero-order chi connectivity index (χ0) is 29.1. The van der Waals surface area contributed by atoms with Crippen molar-refractivity contribution in [1.29, 1.82) is 5.26 Å². The summed E-state index contributed by atoms with van der Waals surface area (Å²) in [7, 11) is 4.71. The maximum atomic E-state index is 14.6. The fourth-order valence-corrected chi connectivity index (χ4v) is 5.15. The topological polar surface area (TPSA) is 96.7 Å². The van der Waals surface area contributed by atoms with E-state index in [0.29, 0.717) is 45.6 Å². The Morgan fingerprint density at radius 3 is 2.41 bits per heavy atom. The number of carbonyl (C=O) groups excluding carboxylic acids is 1. The summed E-state index contributed by atoms with van der Waals surface area (Å²) in [6.07, 6.45) is 0. The number of pyridine rings is 1. The van der Waals surface area contributed by atoms with Crippen molar-refractivity contribution in [3.8, 4) is 23.3 Å². The number of carbonyl (C=O) groups is 1. The van der Waals surface area contributed by atoms with Crippen molar-refractivity contribution in [1.82, 2.24) is 9.88 Å². The van der Waals surface area contributed by atoms with Gasteiger partial charge in [-0.25, -0.2) is 9.37 Å². The van der Waals surface area contributed by atoms with Crippen LogP contribution in [0.4, 0.5) is 10.1 Å². The molecule has 0 fully saturated rings. The van der Waals surface area contributed by atoms with Crippen LogP contribution >= 0.6 is 11.6 Å². The molecule has 0 saturated heterocycles. The summed E-state index contributed by atoms with van der Waals surface area (Å²) in [5, 5.41) is 13.4. The van der Waals surface area contributed by atoms with E-state index in [0.717, 1.165) is 11.1 Å². The number of rotatable bonds is 9. The number of benzene rings is 3. The SMILES string of the molecule is COc1ccc(CN2C(=O)c3nc(C#N)cc(NCc4ccc(OC)cc4OC)c3C2c2cc(F)ccc2Cl)cc1. The van der Waals surface area contributed by atoms with Gasteiger partial charge in [-0.05, 0) is 54.1 Å². The maximum Gasteiger partial charge on any atom is 0.274 e. The van der Waals surface area contributed by atoms with E-state index in [1.165, 1.54) is 18.2 Å². The second kappa shape index (κ2) is 11.7. The number of amides is 1. The van der Waals surface area contributed by atoms with Crippen LogP contribution in [0.3, 0.4) is 0 Å². The highest BCUT2D eigenvalue weighted by Gasteiger charge is 2.42. The predicted molar refractivity (Wildman–Crippen MR) is 152 cm³/mol. The number of fused-ring (bicyclic) bond motifs is 1. The Morgan fingerprint density at radius 1 is 1.00 bits per heavy atom. The fourth-order valence-electron chi connectivity index (χ4n) is 4.93. The van der Waals surface area contributed by atoms with Gasteiger partial charge < -0.3 is 24.4 Å². The van der Waals surface area contributed by atoms with Crippen LogP contribution < -0.4 is 19.5 Å². The van der Waals surface area contributed by atoms with Crippen molar-refractivity contribution in [2.75, 3.05) is 26.6 Å². The number of nitrogens with zero attached hydrogens (tertiary/aromatic N) is 3. The molecule has 5 rings (SSSR count). The molecule has 3 aromatic carbocycles. The summed E-state index contributed by atoms with van der Waals surface area (Å²) in [5.41, 5.74) is 3.22. The lowest BCUT2D eigenvalue weighted by molar-refractivity contribution is 0.0732. The molecule has 0 saturated carbocycles. The molecular formula is C31H26ClFN4O4. The number of methoxy groups -OCH3 is 3. The molecule has 1 aliphatic heterocycles. The number of nitriles is 1. The number of nitrogens with one attached hydrogen (secondary N) is 1. The van der Waals surface area contributed by atoms with Crippen molar-refractivity contribution in [2.45, 2.75) is 19.1 Å². The van der Waals surface area contributed by atoms with Crippen molar-refractivity contribution in [3.63, 3.8) is 0 Å². The van der Waals surface area contributed by atoms with Crippen LogP contribution in [0.5, 0.6) is 17.2 Å². The number of anilines is 1. The molecule has 8 nitrogen and oxygen atoms in total. The zero-order valence-electron chi connectivity index (χ0n) is 22.6. The monoisotopic (exact) mass is 572 g/mol. The Balaban J connectivity index is 1.61. The van der Waals surface area contributed by atoms with Crippen LogP contribution in [0.25, 0.3) is 0 Å². The van der Waals surface area contributed by atoms with Crippen LogP contribution in [0.1, 0.15) is 44.5 Å². The molecule has 0 aliphatic carbocycles. The Hall–Kier alpha value is -4.81. The minimum atomic E-state index is -0.775. The van der Waals surface area contributed by atoms with Gasteiger partial charge >= 0.3 is 0 Å². The van der Waals surface area contributed by atoms with Gasteiger partial charge in [0.25, 0.3) is 5.91 Å². The van der Waals surface area contributed by atoms with E-state index < -0.39 is 17.8 Å². The molecule has 1 aromatic heterocycles. The first-order chi connectivity index (χ1) is 19.9. The lowest BCUT2D eigenvalue weighted by Gasteiger charge is -2.27. The average molecular weight is 573 g/mol. The van der Waals surface area contributed by atoms with Crippen LogP contribution in [0.2, 0.25) is 5.02 Å². The number of ether oxygens (including phenoxy) is 3. The maximum absolute atomic E-state index is 14.6. The van der Waals surface area contributed by atoms with E-state index in [1.54, 1.807) is 50.5 Å². The summed E-state index contributed by atoms with van der Waals surface area (Å²) in [4.78, 5) is 19.9. The first-order valence-corrected chi connectivity index (χ1v) is 13.0. The number of hydrogen-bond acceptors (Lipinski definition) is 7. The average Bonchev–Trinajstić information content (AvgIpc) is 3.27. The molecule has 0 bridgehead atoms. The van der Waals surface area contributed by atoms with Gasteiger partial charge in [-0.15, -0.1) is 0 Å². The smallest absolute Gasteiger partial charge is 0.274 e. The highest BCUT2D eigenvalue weighted by molar-refractivity contribution is 6.31. The number of aromatic nitrogens is 1. The van der Waals surface area contributed by atoms with Gasteiger partial charge in [-0.2, -0.15) is 5.26 Å². The molecular weight excluding hydrogens is 547 g/mol. The molecule has 0 spiro atoms. The predicted octanol–water partition coefficient (Wildman–Crippen LogP) is 6.13. The largest absolute Gasteiger partial charge is 0.497 e. The van der Waals surface area contributed by atoms with Crippen molar-refractivity contribution < 1.29 is 23.4 Å². The summed E-state index contributed by atoms with van der Waals surface area (Å²) in [6, 6.07) is 19.6. The molecule has 2 heterocycles. The first-order valence-electron chi connectivity index (χ1n) is 12.7. The Kier molecular flexibility index (Phi) is 7.95. The van der Waals surface area contributed by atoms with E-state index >= 15 is 0 Å². The second-order valence-corrected chi connectivity index (χ2v) is 9.72. The minimum absolute atomic E-state index is 0.0664. The van der Waals surface area contributed by atoms with E-state index in [-0.39, 0.29) is 17.9 Å².